The second-order valence-electron chi connectivity index (χ2n) is 4.64. The molecule has 5 N–H and O–H groups in total. The summed E-state index contributed by atoms with van der Waals surface area (Å²) in [6, 6.07) is 4.21. The quantitative estimate of drug-likeness (QED) is 0.609. The molecule has 0 spiro atoms. The van der Waals surface area contributed by atoms with E-state index in [9.17, 15) is 13.2 Å². The van der Waals surface area contributed by atoms with Crippen molar-refractivity contribution in [2.75, 3.05) is 11.5 Å². The van der Waals surface area contributed by atoms with Crippen LogP contribution >= 0.6 is 15.9 Å². The number of nitrogens with zero attached hydrogens (tertiary/aromatic N) is 2. The predicted octanol–water partition coefficient (Wildman–Crippen LogP) is 3.57. The third-order valence-electron chi connectivity index (χ3n) is 3.19. The average molecular weight is 372 g/mol. The van der Waals surface area contributed by atoms with Gasteiger partial charge in [-0.3, -0.25) is 5.10 Å². The number of halogens is 4. The van der Waals surface area contributed by atoms with Crippen molar-refractivity contribution < 1.29 is 13.2 Å². The Morgan fingerprint density at radius 3 is 2.55 bits per heavy atom. The molecule has 0 amide bonds. The number of hydrogen-bond acceptors (Lipinski definition) is 4. The predicted molar refractivity (Wildman–Crippen MR) is 80.9 cm³/mol. The number of pyridine rings is 1. The molecule has 9 heteroatoms. The van der Waals surface area contributed by atoms with Crippen LogP contribution in [0.5, 0.6) is 0 Å². The lowest BCUT2D eigenvalue weighted by Crippen LogP contribution is -2.11. The maximum atomic E-state index is 12.9. The number of rotatable bonds is 1. The number of nitrogen functional groups attached to an aromatic ring is 2. The summed E-state index contributed by atoms with van der Waals surface area (Å²) in [4.78, 5) is 3.30. The number of nitrogens with one attached hydrogen (secondary N) is 1. The summed E-state index contributed by atoms with van der Waals surface area (Å²) in [7, 11) is 0. The van der Waals surface area contributed by atoms with E-state index in [1.807, 2.05) is 0 Å². The van der Waals surface area contributed by atoms with E-state index in [0.717, 1.165) is 17.0 Å². The van der Waals surface area contributed by atoms with Crippen molar-refractivity contribution >= 4 is 38.3 Å². The number of benzene rings is 1. The topological polar surface area (TPSA) is 93.6 Å². The van der Waals surface area contributed by atoms with E-state index in [2.05, 4.69) is 31.1 Å². The van der Waals surface area contributed by atoms with E-state index in [4.69, 9.17) is 11.5 Å². The van der Waals surface area contributed by atoms with E-state index < -0.39 is 11.9 Å². The Hall–Kier alpha value is -2.29. The molecule has 0 aliphatic heterocycles. The highest BCUT2D eigenvalue weighted by molar-refractivity contribution is 9.10. The van der Waals surface area contributed by atoms with Crippen molar-refractivity contribution in [2.24, 2.45) is 0 Å². The molecule has 0 aliphatic rings. The van der Waals surface area contributed by atoms with Crippen LogP contribution in [0.1, 0.15) is 5.69 Å². The second kappa shape index (κ2) is 4.87. The summed E-state index contributed by atoms with van der Waals surface area (Å²) in [6.07, 6.45) is -3.04. The SMILES string of the molecule is Nc1nc(C(F)(F)F)cc(-c2cc(Br)c3[nH]ncc3c2)c1N. The van der Waals surface area contributed by atoms with Crippen LogP contribution in [-0.4, -0.2) is 15.2 Å². The van der Waals surface area contributed by atoms with Gasteiger partial charge in [0.05, 0.1) is 17.4 Å². The van der Waals surface area contributed by atoms with E-state index in [1.165, 1.54) is 0 Å². The van der Waals surface area contributed by atoms with Crippen LogP contribution in [0.4, 0.5) is 24.7 Å². The van der Waals surface area contributed by atoms with Crippen molar-refractivity contribution in [1.29, 1.82) is 0 Å². The van der Waals surface area contributed by atoms with Crippen LogP contribution in [-0.2, 0) is 6.18 Å². The summed E-state index contributed by atoms with van der Waals surface area (Å²) >= 11 is 3.34. The number of alkyl halides is 3. The molecule has 0 aliphatic carbocycles. The first-order valence-electron chi connectivity index (χ1n) is 6.03. The van der Waals surface area contributed by atoms with Crippen molar-refractivity contribution in [2.45, 2.75) is 6.18 Å². The summed E-state index contributed by atoms with van der Waals surface area (Å²) in [5, 5.41) is 7.40. The van der Waals surface area contributed by atoms with Gasteiger partial charge < -0.3 is 11.5 Å². The second-order valence-corrected chi connectivity index (χ2v) is 5.50. The monoisotopic (exact) mass is 371 g/mol. The zero-order chi connectivity index (χ0) is 16.1. The third kappa shape index (κ3) is 2.37. The number of nitrogens with two attached hydrogens (primary N) is 2. The molecule has 2 heterocycles. The molecule has 22 heavy (non-hydrogen) atoms. The molecule has 0 saturated heterocycles. The van der Waals surface area contributed by atoms with Crippen LogP contribution in [0, 0.1) is 0 Å². The van der Waals surface area contributed by atoms with Gasteiger partial charge in [0.15, 0.2) is 0 Å². The van der Waals surface area contributed by atoms with Crippen molar-refractivity contribution in [3.63, 3.8) is 0 Å². The lowest BCUT2D eigenvalue weighted by Gasteiger charge is -2.13. The van der Waals surface area contributed by atoms with Gasteiger partial charge >= 0.3 is 6.18 Å². The summed E-state index contributed by atoms with van der Waals surface area (Å²) < 4.78 is 39.3. The van der Waals surface area contributed by atoms with E-state index >= 15 is 0 Å². The van der Waals surface area contributed by atoms with Crippen molar-refractivity contribution in [3.8, 4) is 11.1 Å². The van der Waals surface area contributed by atoms with Gasteiger partial charge in [0, 0.05) is 15.4 Å². The molecule has 1 aromatic carbocycles. The Labute approximate surface area is 130 Å². The highest BCUT2D eigenvalue weighted by Gasteiger charge is 2.34. The normalized spacial score (nSPS) is 12.0. The largest absolute Gasteiger partial charge is 0.433 e. The Bertz CT molecular complexity index is 872. The molecule has 0 bridgehead atoms. The van der Waals surface area contributed by atoms with E-state index in [1.54, 1.807) is 18.3 Å². The van der Waals surface area contributed by atoms with Crippen LogP contribution in [0.15, 0.2) is 28.9 Å². The average Bonchev–Trinajstić information content (AvgIpc) is 2.89. The first-order valence-corrected chi connectivity index (χ1v) is 6.83. The van der Waals surface area contributed by atoms with E-state index in [0.29, 0.717) is 10.0 Å². The van der Waals surface area contributed by atoms with Gasteiger partial charge in [-0.05, 0) is 39.7 Å². The van der Waals surface area contributed by atoms with Gasteiger partial charge in [-0.1, -0.05) is 0 Å². The van der Waals surface area contributed by atoms with Crippen LogP contribution in [0.3, 0.4) is 0 Å². The van der Waals surface area contributed by atoms with Crippen molar-refractivity contribution in [3.05, 3.63) is 34.6 Å². The first-order chi connectivity index (χ1) is 10.3. The summed E-state index contributed by atoms with van der Waals surface area (Å²) in [6.45, 7) is 0. The minimum absolute atomic E-state index is 0.00254. The summed E-state index contributed by atoms with van der Waals surface area (Å²) in [5.41, 5.74) is 11.6. The number of aromatic nitrogens is 3. The van der Waals surface area contributed by atoms with Crippen molar-refractivity contribution in [1.82, 2.24) is 15.2 Å². The molecular formula is C13H9BrF3N5. The molecule has 5 nitrogen and oxygen atoms in total. The molecule has 3 rings (SSSR count). The van der Waals surface area contributed by atoms with Crippen LogP contribution < -0.4 is 11.5 Å². The Balaban J connectivity index is 2.27. The highest BCUT2D eigenvalue weighted by Crippen LogP contribution is 2.38. The smallest absolute Gasteiger partial charge is 0.395 e. The first kappa shape index (κ1) is 14.6. The standard InChI is InChI=1S/C13H9BrF3N5/c14-8-2-5(1-6-4-20-22-11(6)8)7-3-9(13(15,16)17)21-12(19)10(7)18/h1-4H,18H2,(H2,19,21)(H,20,22). The molecule has 114 valence electrons. The minimum Gasteiger partial charge on any atom is -0.395 e. The van der Waals surface area contributed by atoms with Gasteiger partial charge in [-0.25, -0.2) is 4.98 Å². The molecule has 3 aromatic rings. The van der Waals surface area contributed by atoms with Gasteiger partial charge in [0.25, 0.3) is 0 Å². The number of fused-ring (bicyclic) bond motifs is 1. The van der Waals surface area contributed by atoms with Gasteiger partial charge in [-0.15, -0.1) is 0 Å². The minimum atomic E-state index is -4.60. The maximum Gasteiger partial charge on any atom is 0.433 e. The lowest BCUT2D eigenvalue weighted by atomic mass is 10.0. The third-order valence-corrected chi connectivity index (χ3v) is 3.82. The number of aromatic amines is 1. The van der Waals surface area contributed by atoms with Crippen LogP contribution in [0.2, 0.25) is 0 Å². The van der Waals surface area contributed by atoms with Crippen LogP contribution in [0.25, 0.3) is 22.0 Å². The fourth-order valence-corrected chi connectivity index (χ4v) is 2.69. The lowest BCUT2D eigenvalue weighted by molar-refractivity contribution is -0.141. The molecule has 0 fully saturated rings. The maximum absolute atomic E-state index is 12.9. The molecular weight excluding hydrogens is 363 g/mol. The molecule has 0 unspecified atom stereocenters. The van der Waals surface area contributed by atoms with E-state index in [-0.39, 0.29) is 17.1 Å². The molecule has 2 aromatic heterocycles. The van der Waals surface area contributed by atoms with Gasteiger partial charge in [-0.2, -0.15) is 18.3 Å². The fourth-order valence-electron chi connectivity index (χ4n) is 2.13. The molecule has 0 atom stereocenters. The van der Waals surface area contributed by atoms with Gasteiger partial charge in [0.2, 0.25) is 0 Å². The Morgan fingerprint density at radius 2 is 1.86 bits per heavy atom. The Kier molecular flexibility index (Phi) is 3.24. The van der Waals surface area contributed by atoms with Gasteiger partial charge in [0.1, 0.15) is 11.5 Å². The Morgan fingerprint density at radius 1 is 1.14 bits per heavy atom. The highest BCUT2D eigenvalue weighted by atomic mass is 79.9. The number of anilines is 2. The number of hydrogen-bond donors (Lipinski definition) is 3. The molecule has 0 saturated carbocycles. The summed E-state index contributed by atoms with van der Waals surface area (Å²) in [5.74, 6) is -0.353. The number of H-pyrrole nitrogens is 1. The zero-order valence-electron chi connectivity index (χ0n) is 10.9. The fraction of sp³-hybridized carbons (Fsp3) is 0.0769. The molecule has 0 radical (unpaired) electrons. The zero-order valence-corrected chi connectivity index (χ0v) is 12.5.